The number of anilines is 2. The van der Waals surface area contributed by atoms with Crippen molar-refractivity contribution in [3.05, 3.63) is 89.4 Å². The molecule has 3 amide bonds. The predicted molar refractivity (Wildman–Crippen MR) is 128 cm³/mol. The first-order chi connectivity index (χ1) is 15.9. The molecule has 1 aromatic heterocycles. The third-order valence-corrected chi connectivity index (χ3v) is 5.85. The Morgan fingerprint density at radius 2 is 1.73 bits per heavy atom. The maximum atomic E-state index is 13.2. The van der Waals surface area contributed by atoms with Crippen LogP contribution in [0.3, 0.4) is 0 Å². The second-order valence-electron chi connectivity index (χ2n) is 7.87. The number of imide groups is 1. The largest absolute Gasteiger partial charge is 0.459 e. The molecule has 0 fully saturated rings. The van der Waals surface area contributed by atoms with Crippen LogP contribution in [-0.2, 0) is 9.59 Å². The van der Waals surface area contributed by atoms with Crippen molar-refractivity contribution in [2.45, 2.75) is 18.7 Å². The SMILES string of the molecule is CC(C)CN1C(=O)C(Nc2ccccc2)=C(Sc2cccc(NC(=O)c3ccco3)c2)C1=O. The lowest BCUT2D eigenvalue weighted by Crippen LogP contribution is -2.35. The van der Waals surface area contributed by atoms with Crippen molar-refractivity contribution in [1.82, 2.24) is 4.90 Å². The Bertz CT molecular complexity index is 1200. The molecular weight excluding hydrogens is 438 g/mol. The number of furan rings is 1. The van der Waals surface area contributed by atoms with E-state index < -0.39 is 0 Å². The summed E-state index contributed by atoms with van der Waals surface area (Å²) in [5, 5.41) is 5.90. The molecule has 168 valence electrons. The Morgan fingerprint density at radius 3 is 2.42 bits per heavy atom. The zero-order valence-electron chi connectivity index (χ0n) is 18.2. The lowest BCUT2D eigenvalue weighted by Gasteiger charge is -2.17. The van der Waals surface area contributed by atoms with Gasteiger partial charge in [0.25, 0.3) is 17.7 Å². The number of amides is 3. The second-order valence-corrected chi connectivity index (χ2v) is 8.96. The van der Waals surface area contributed by atoms with Gasteiger partial charge in [0.1, 0.15) is 10.6 Å². The minimum atomic E-state index is -0.372. The van der Waals surface area contributed by atoms with Crippen LogP contribution in [0, 0.1) is 5.92 Å². The Balaban J connectivity index is 1.61. The molecule has 3 aromatic rings. The number of benzene rings is 2. The summed E-state index contributed by atoms with van der Waals surface area (Å²) >= 11 is 1.19. The highest BCUT2D eigenvalue weighted by atomic mass is 32.2. The number of para-hydroxylation sites is 1. The summed E-state index contributed by atoms with van der Waals surface area (Å²) in [6, 6.07) is 19.6. The van der Waals surface area contributed by atoms with Gasteiger partial charge in [-0.2, -0.15) is 0 Å². The van der Waals surface area contributed by atoms with Gasteiger partial charge in [0.05, 0.1) is 6.26 Å². The smallest absolute Gasteiger partial charge is 0.291 e. The third kappa shape index (κ3) is 5.18. The summed E-state index contributed by atoms with van der Waals surface area (Å²) in [6.45, 7) is 4.25. The number of nitrogens with zero attached hydrogens (tertiary/aromatic N) is 1. The number of carbonyl (C=O) groups excluding carboxylic acids is 3. The summed E-state index contributed by atoms with van der Waals surface area (Å²) in [4.78, 5) is 40.9. The minimum absolute atomic E-state index is 0.139. The van der Waals surface area contributed by atoms with Gasteiger partial charge in [0.2, 0.25) is 0 Å². The van der Waals surface area contributed by atoms with E-state index in [0.717, 1.165) is 5.69 Å². The molecule has 8 heteroatoms. The lowest BCUT2D eigenvalue weighted by molar-refractivity contribution is -0.137. The number of hydrogen-bond donors (Lipinski definition) is 2. The second kappa shape index (κ2) is 9.79. The van der Waals surface area contributed by atoms with E-state index in [9.17, 15) is 14.4 Å². The van der Waals surface area contributed by atoms with Crippen molar-refractivity contribution in [3.63, 3.8) is 0 Å². The van der Waals surface area contributed by atoms with Gasteiger partial charge in [-0.05, 0) is 48.4 Å². The highest BCUT2D eigenvalue weighted by Crippen LogP contribution is 2.37. The normalized spacial score (nSPS) is 13.7. The molecular formula is C25H23N3O4S. The minimum Gasteiger partial charge on any atom is -0.459 e. The topological polar surface area (TPSA) is 91.7 Å². The first-order valence-corrected chi connectivity index (χ1v) is 11.3. The molecule has 0 atom stereocenters. The first kappa shape index (κ1) is 22.4. The fraction of sp³-hybridized carbons (Fsp3) is 0.160. The summed E-state index contributed by atoms with van der Waals surface area (Å²) in [5.41, 5.74) is 1.52. The summed E-state index contributed by atoms with van der Waals surface area (Å²) in [7, 11) is 0. The summed E-state index contributed by atoms with van der Waals surface area (Å²) in [5.74, 6) is -0.709. The van der Waals surface area contributed by atoms with E-state index in [1.54, 1.807) is 30.3 Å². The first-order valence-electron chi connectivity index (χ1n) is 10.5. The Kier molecular flexibility index (Phi) is 6.65. The number of hydrogen-bond acceptors (Lipinski definition) is 6. The van der Waals surface area contributed by atoms with Crippen LogP contribution in [0.15, 0.2) is 92.9 Å². The number of nitrogens with one attached hydrogen (secondary N) is 2. The lowest BCUT2D eigenvalue weighted by atomic mass is 10.2. The molecule has 2 N–H and O–H groups in total. The maximum Gasteiger partial charge on any atom is 0.291 e. The molecule has 4 rings (SSSR count). The van der Waals surface area contributed by atoms with Gasteiger partial charge in [-0.3, -0.25) is 19.3 Å². The monoisotopic (exact) mass is 461 g/mol. The molecule has 0 unspecified atom stereocenters. The molecule has 0 bridgehead atoms. The van der Waals surface area contributed by atoms with Gasteiger partial charge in [-0.1, -0.05) is 49.9 Å². The number of carbonyl (C=O) groups is 3. The van der Waals surface area contributed by atoms with Crippen molar-refractivity contribution in [2.75, 3.05) is 17.2 Å². The van der Waals surface area contributed by atoms with Crippen LogP contribution in [0.2, 0.25) is 0 Å². The van der Waals surface area contributed by atoms with Gasteiger partial charge in [-0.25, -0.2) is 0 Å². The average molecular weight is 462 g/mol. The van der Waals surface area contributed by atoms with Gasteiger partial charge >= 0.3 is 0 Å². The zero-order chi connectivity index (χ0) is 23.4. The molecule has 1 aliphatic rings. The summed E-state index contributed by atoms with van der Waals surface area (Å²) < 4.78 is 5.12. The molecule has 2 heterocycles. The van der Waals surface area contributed by atoms with Crippen LogP contribution in [0.5, 0.6) is 0 Å². The fourth-order valence-electron chi connectivity index (χ4n) is 3.31. The fourth-order valence-corrected chi connectivity index (χ4v) is 4.32. The Hall–Kier alpha value is -3.78. The Morgan fingerprint density at radius 1 is 0.970 bits per heavy atom. The number of rotatable bonds is 8. The van der Waals surface area contributed by atoms with Gasteiger partial charge in [0, 0.05) is 22.8 Å². The Labute approximate surface area is 195 Å². The van der Waals surface area contributed by atoms with Crippen LogP contribution in [0.25, 0.3) is 0 Å². The molecule has 1 aliphatic heterocycles. The van der Waals surface area contributed by atoms with Crippen LogP contribution in [0.4, 0.5) is 11.4 Å². The average Bonchev–Trinajstić information content (AvgIpc) is 3.41. The van der Waals surface area contributed by atoms with Gasteiger partial charge in [0.15, 0.2) is 5.76 Å². The van der Waals surface area contributed by atoms with Crippen LogP contribution in [-0.4, -0.2) is 29.2 Å². The van der Waals surface area contributed by atoms with Crippen molar-refractivity contribution in [3.8, 4) is 0 Å². The number of thioether (sulfide) groups is 1. The zero-order valence-corrected chi connectivity index (χ0v) is 19.0. The van der Waals surface area contributed by atoms with Crippen LogP contribution >= 0.6 is 11.8 Å². The molecule has 33 heavy (non-hydrogen) atoms. The van der Waals surface area contributed by atoms with E-state index in [2.05, 4.69) is 10.6 Å². The quantitative estimate of drug-likeness (QED) is 0.460. The van der Waals surface area contributed by atoms with E-state index in [4.69, 9.17) is 4.42 Å². The van der Waals surface area contributed by atoms with E-state index >= 15 is 0 Å². The van der Waals surface area contributed by atoms with Crippen molar-refractivity contribution in [1.29, 1.82) is 0 Å². The molecule has 7 nitrogen and oxygen atoms in total. The molecule has 0 radical (unpaired) electrons. The molecule has 2 aromatic carbocycles. The highest BCUT2D eigenvalue weighted by Gasteiger charge is 2.39. The molecule has 0 saturated carbocycles. The van der Waals surface area contributed by atoms with E-state index in [1.165, 1.54) is 22.9 Å². The standard InChI is InChI=1S/C25H23N3O4S/c1-16(2)15-28-24(30)21(26-17-8-4-3-5-9-17)22(25(28)31)33-19-11-6-10-18(14-19)27-23(29)20-12-7-13-32-20/h3-14,16,26H,15H2,1-2H3,(H,27,29). The third-order valence-electron chi connectivity index (χ3n) is 4.77. The van der Waals surface area contributed by atoms with Crippen LogP contribution < -0.4 is 10.6 Å². The van der Waals surface area contributed by atoms with E-state index in [-0.39, 0.29) is 35.1 Å². The van der Waals surface area contributed by atoms with E-state index in [0.29, 0.717) is 22.0 Å². The molecule has 0 aliphatic carbocycles. The maximum absolute atomic E-state index is 13.2. The van der Waals surface area contributed by atoms with Crippen LogP contribution in [0.1, 0.15) is 24.4 Å². The predicted octanol–water partition coefficient (Wildman–Crippen LogP) is 4.97. The molecule has 0 saturated heterocycles. The van der Waals surface area contributed by atoms with Gasteiger partial charge in [-0.15, -0.1) is 0 Å². The van der Waals surface area contributed by atoms with Crippen molar-refractivity contribution >= 4 is 40.9 Å². The van der Waals surface area contributed by atoms with Crippen molar-refractivity contribution in [2.24, 2.45) is 5.92 Å². The van der Waals surface area contributed by atoms with Crippen molar-refractivity contribution < 1.29 is 18.8 Å². The molecule has 0 spiro atoms. The van der Waals surface area contributed by atoms with Gasteiger partial charge < -0.3 is 15.1 Å². The highest BCUT2D eigenvalue weighted by molar-refractivity contribution is 8.04. The van der Waals surface area contributed by atoms with E-state index in [1.807, 2.05) is 50.2 Å². The summed E-state index contributed by atoms with van der Waals surface area (Å²) in [6.07, 6.45) is 1.43.